The number of rotatable bonds is 5. The molecule has 0 aliphatic carbocycles. The second-order valence-corrected chi connectivity index (χ2v) is 12.2. The van der Waals surface area contributed by atoms with Crippen LogP contribution in [-0.2, 0) is 0 Å². The van der Waals surface area contributed by atoms with Crippen LogP contribution in [0, 0.1) is 0 Å². The van der Waals surface area contributed by atoms with Gasteiger partial charge in [-0.1, -0.05) is 115 Å². The first-order chi connectivity index (χ1) is 24.8. The molecule has 0 saturated carbocycles. The van der Waals surface area contributed by atoms with Crippen LogP contribution in [0.15, 0.2) is 164 Å². The van der Waals surface area contributed by atoms with Crippen LogP contribution in [0.25, 0.3) is 89.5 Å². The van der Waals surface area contributed by atoms with Crippen molar-refractivity contribution in [3.63, 3.8) is 0 Å². The molecule has 0 N–H and O–H groups in total. The maximum Gasteiger partial charge on any atom is 0.235 e. The molecule has 0 radical (unpaired) electrons. The SMILES string of the molecule is c1ccc(-c2nc(-c3ccccc3)nc(-c3nc(-n4c5ccccc5c5cc6ccn(-c7ccccc7)c6cc54)nc4ccccc34)n2)cc1. The van der Waals surface area contributed by atoms with E-state index in [1.54, 1.807) is 0 Å². The van der Waals surface area contributed by atoms with Gasteiger partial charge in [-0.25, -0.2) is 24.9 Å². The molecule has 0 fully saturated rings. The van der Waals surface area contributed by atoms with Crippen molar-refractivity contribution in [2.75, 3.05) is 0 Å². The second-order valence-electron chi connectivity index (χ2n) is 12.2. The molecule has 7 nitrogen and oxygen atoms in total. The average molecular weight is 642 g/mol. The van der Waals surface area contributed by atoms with Gasteiger partial charge < -0.3 is 4.57 Å². The van der Waals surface area contributed by atoms with E-state index < -0.39 is 0 Å². The van der Waals surface area contributed by atoms with Crippen LogP contribution in [0.5, 0.6) is 0 Å². The fourth-order valence-corrected chi connectivity index (χ4v) is 6.88. The Bertz CT molecular complexity index is 2800. The van der Waals surface area contributed by atoms with Gasteiger partial charge in [-0.2, -0.15) is 0 Å². The van der Waals surface area contributed by atoms with E-state index in [1.165, 1.54) is 0 Å². The standard InChI is InChI=1S/C43H27N7/c1-4-14-28(15-5-1)40-46-41(29-16-6-2-7-17-29)48-42(47-40)39-33-21-10-12-22-35(33)44-43(45-39)50-36-23-13-11-20-32(36)34-26-30-24-25-49(37(30)27-38(34)50)31-18-8-3-9-19-31/h1-27H. The van der Waals surface area contributed by atoms with Crippen molar-refractivity contribution in [2.45, 2.75) is 0 Å². The summed E-state index contributed by atoms with van der Waals surface area (Å²) in [6.45, 7) is 0. The maximum absolute atomic E-state index is 5.32. The van der Waals surface area contributed by atoms with Gasteiger partial charge >= 0.3 is 0 Å². The van der Waals surface area contributed by atoms with Gasteiger partial charge in [0.15, 0.2) is 17.5 Å². The average Bonchev–Trinajstić information content (AvgIpc) is 3.76. The van der Waals surface area contributed by atoms with E-state index in [2.05, 4.69) is 82.1 Å². The van der Waals surface area contributed by atoms with E-state index in [9.17, 15) is 0 Å². The van der Waals surface area contributed by atoms with Crippen LogP contribution in [0.4, 0.5) is 0 Å². The topological polar surface area (TPSA) is 74.3 Å². The van der Waals surface area contributed by atoms with E-state index in [4.69, 9.17) is 24.9 Å². The van der Waals surface area contributed by atoms with Crippen molar-refractivity contribution in [1.29, 1.82) is 0 Å². The zero-order chi connectivity index (χ0) is 33.0. The summed E-state index contributed by atoms with van der Waals surface area (Å²) in [6.07, 6.45) is 2.13. The molecule has 4 heterocycles. The number of aromatic nitrogens is 7. The molecule has 234 valence electrons. The molecule has 10 aromatic rings. The van der Waals surface area contributed by atoms with E-state index in [0.717, 1.165) is 60.4 Å². The summed E-state index contributed by atoms with van der Waals surface area (Å²) >= 11 is 0. The second kappa shape index (κ2) is 11.3. The van der Waals surface area contributed by atoms with Crippen molar-refractivity contribution in [1.82, 2.24) is 34.1 Å². The number of para-hydroxylation sites is 3. The van der Waals surface area contributed by atoms with Gasteiger partial charge in [-0.3, -0.25) is 4.57 Å². The van der Waals surface area contributed by atoms with Crippen molar-refractivity contribution in [3.8, 4) is 45.9 Å². The summed E-state index contributed by atoms with van der Waals surface area (Å²) in [5.74, 6) is 2.20. The molecule has 0 aliphatic heterocycles. The van der Waals surface area contributed by atoms with Crippen LogP contribution >= 0.6 is 0 Å². The summed E-state index contributed by atoms with van der Waals surface area (Å²) < 4.78 is 4.39. The fourth-order valence-electron chi connectivity index (χ4n) is 6.88. The molecule has 6 aromatic carbocycles. The fraction of sp³-hybridized carbons (Fsp3) is 0. The van der Waals surface area contributed by atoms with E-state index in [1.807, 2.05) is 91.0 Å². The van der Waals surface area contributed by atoms with Gasteiger partial charge in [0.1, 0.15) is 5.69 Å². The molecule has 0 bridgehead atoms. The third-order valence-corrected chi connectivity index (χ3v) is 9.22. The minimum absolute atomic E-state index is 0.485. The largest absolute Gasteiger partial charge is 0.316 e. The number of nitrogens with zero attached hydrogens (tertiary/aromatic N) is 7. The first-order valence-electron chi connectivity index (χ1n) is 16.5. The Balaban J connectivity index is 1.26. The van der Waals surface area contributed by atoms with Gasteiger partial charge in [-0.15, -0.1) is 0 Å². The summed E-state index contributed by atoms with van der Waals surface area (Å²) in [5, 5.41) is 4.29. The Morgan fingerprint density at radius 1 is 0.400 bits per heavy atom. The number of benzene rings is 6. The van der Waals surface area contributed by atoms with Gasteiger partial charge in [0.2, 0.25) is 5.95 Å². The lowest BCUT2D eigenvalue weighted by molar-refractivity contribution is 0.995. The van der Waals surface area contributed by atoms with Crippen LogP contribution < -0.4 is 0 Å². The molecule has 50 heavy (non-hydrogen) atoms. The highest BCUT2D eigenvalue weighted by Crippen LogP contribution is 2.36. The molecule has 7 heteroatoms. The Hall–Kier alpha value is -6.99. The van der Waals surface area contributed by atoms with Crippen LogP contribution in [-0.4, -0.2) is 34.1 Å². The molecule has 0 unspecified atom stereocenters. The van der Waals surface area contributed by atoms with Crippen LogP contribution in [0.1, 0.15) is 0 Å². The van der Waals surface area contributed by atoms with Crippen molar-refractivity contribution in [2.24, 2.45) is 0 Å². The quantitative estimate of drug-likeness (QED) is 0.187. The summed E-state index contributed by atoms with van der Waals surface area (Å²) in [4.78, 5) is 25.5. The number of hydrogen-bond acceptors (Lipinski definition) is 5. The van der Waals surface area contributed by atoms with Crippen molar-refractivity contribution in [3.05, 3.63) is 164 Å². The lowest BCUT2D eigenvalue weighted by Crippen LogP contribution is -2.06. The zero-order valence-electron chi connectivity index (χ0n) is 26.7. The number of hydrogen-bond donors (Lipinski definition) is 0. The van der Waals surface area contributed by atoms with Crippen LogP contribution in [0.2, 0.25) is 0 Å². The molecule has 0 spiro atoms. The molecule has 0 saturated heterocycles. The van der Waals surface area contributed by atoms with Gasteiger partial charge in [0.25, 0.3) is 0 Å². The smallest absolute Gasteiger partial charge is 0.235 e. The molecule has 0 aliphatic rings. The van der Waals surface area contributed by atoms with Gasteiger partial charge in [0.05, 0.1) is 22.1 Å². The predicted octanol–water partition coefficient (Wildman–Crippen LogP) is 9.86. The molecular weight excluding hydrogens is 615 g/mol. The molecule has 10 rings (SSSR count). The third-order valence-electron chi connectivity index (χ3n) is 9.22. The summed E-state index contributed by atoms with van der Waals surface area (Å²) in [7, 11) is 0. The zero-order valence-corrected chi connectivity index (χ0v) is 26.7. The highest BCUT2D eigenvalue weighted by atomic mass is 15.2. The predicted molar refractivity (Wildman–Crippen MR) is 200 cm³/mol. The first kappa shape index (κ1) is 28.1. The van der Waals surface area contributed by atoms with E-state index >= 15 is 0 Å². The highest BCUT2D eigenvalue weighted by molar-refractivity contribution is 6.13. The first-order valence-corrected chi connectivity index (χ1v) is 16.5. The van der Waals surface area contributed by atoms with Gasteiger partial charge in [-0.05, 0) is 42.5 Å². The lowest BCUT2D eigenvalue weighted by Gasteiger charge is -2.13. The Morgan fingerprint density at radius 3 is 1.72 bits per heavy atom. The minimum Gasteiger partial charge on any atom is -0.316 e. The van der Waals surface area contributed by atoms with Crippen molar-refractivity contribution >= 4 is 43.6 Å². The lowest BCUT2D eigenvalue weighted by atomic mass is 10.1. The van der Waals surface area contributed by atoms with Crippen molar-refractivity contribution < 1.29 is 0 Å². The van der Waals surface area contributed by atoms with E-state index in [0.29, 0.717) is 29.1 Å². The van der Waals surface area contributed by atoms with Gasteiger partial charge in [0, 0.05) is 44.6 Å². The van der Waals surface area contributed by atoms with E-state index in [-0.39, 0.29) is 0 Å². The Labute approximate surface area is 286 Å². The maximum atomic E-state index is 5.32. The summed E-state index contributed by atoms with van der Waals surface area (Å²) in [5.41, 5.74) is 7.49. The third kappa shape index (κ3) is 4.56. The summed E-state index contributed by atoms with van der Waals surface area (Å²) in [6, 6.07) is 53.6. The monoisotopic (exact) mass is 641 g/mol. The normalized spacial score (nSPS) is 11.6. The molecule has 0 amide bonds. The molecule has 4 aromatic heterocycles. The van der Waals surface area contributed by atoms with Crippen LogP contribution in [0.3, 0.4) is 0 Å². The molecule has 0 atom stereocenters. The number of fused-ring (bicyclic) bond motifs is 5. The Morgan fingerprint density at radius 2 is 1.00 bits per heavy atom. The Kier molecular flexibility index (Phi) is 6.35. The molecular formula is C43H27N7. The minimum atomic E-state index is 0.485. The highest BCUT2D eigenvalue weighted by Gasteiger charge is 2.21.